The van der Waals surface area contributed by atoms with Crippen LogP contribution in [0.2, 0.25) is 0 Å². The maximum atomic E-state index is 13.3. The van der Waals surface area contributed by atoms with Gasteiger partial charge in [-0.05, 0) is 29.8 Å². The van der Waals surface area contributed by atoms with E-state index in [1.807, 2.05) is 11.0 Å². The largest absolute Gasteiger partial charge is 0.592 e. The first kappa shape index (κ1) is 20.2. The monoisotopic (exact) mass is 424 g/mol. The van der Waals surface area contributed by atoms with Crippen molar-refractivity contribution in [2.24, 2.45) is 0 Å². The van der Waals surface area contributed by atoms with Gasteiger partial charge in [-0.25, -0.2) is 0 Å². The number of benzene rings is 2. The zero-order valence-electron chi connectivity index (χ0n) is 15.6. The van der Waals surface area contributed by atoms with Gasteiger partial charge in [0.2, 0.25) is 0 Å². The molecule has 0 aromatic heterocycles. The Hall–Kier alpha value is -2.07. The van der Waals surface area contributed by atoms with Crippen molar-refractivity contribution in [1.29, 1.82) is 0 Å². The number of anilines is 1. The normalized spacial score (nSPS) is 29.8. The summed E-state index contributed by atoms with van der Waals surface area (Å²) >= 11 is 0. The van der Waals surface area contributed by atoms with Crippen LogP contribution in [0.4, 0.5) is 14.5 Å². The molecule has 0 saturated carbocycles. The summed E-state index contributed by atoms with van der Waals surface area (Å²) in [6, 6.07) is 15.1. The van der Waals surface area contributed by atoms with Gasteiger partial charge in [0.1, 0.15) is 11.9 Å². The highest BCUT2D eigenvalue weighted by Gasteiger charge is 2.66. The Kier molecular flexibility index (Phi) is 5.32. The number of hydrogen-bond donors (Lipinski definition) is 1. The van der Waals surface area contributed by atoms with Crippen molar-refractivity contribution in [3.8, 4) is 5.75 Å². The van der Waals surface area contributed by atoms with E-state index in [0.29, 0.717) is 25.2 Å². The van der Waals surface area contributed by atoms with Crippen LogP contribution in [0, 0.1) is 0 Å². The fourth-order valence-electron chi connectivity index (χ4n) is 4.19. The number of likely N-dealkylation sites (tertiary alicyclic amines) is 1. The van der Waals surface area contributed by atoms with Gasteiger partial charge in [0, 0.05) is 19.5 Å². The Bertz CT molecular complexity index is 899. The predicted octanol–water partition coefficient (Wildman–Crippen LogP) is 2.66. The molecule has 1 N–H and O–H groups in total. The molecular weight excluding hydrogens is 402 g/mol. The Morgan fingerprint density at radius 2 is 1.90 bits per heavy atom. The third-order valence-electron chi connectivity index (χ3n) is 5.69. The fourth-order valence-corrected chi connectivity index (χ4v) is 6.48. The summed E-state index contributed by atoms with van der Waals surface area (Å²) < 4.78 is 55.6. The molecule has 156 valence electrons. The molecule has 0 amide bonds. The predicted molar refractivity (Wildman–Crippen MR) is 104 cm³/mol. The molecule has 9 heteroatoms. The van der Waals surface area contributed by atoms with Crippen molar-refractivity contribution in [3.05, 3.63) is 60.2 Å². The van der Waals surface area contributed by atoms with Crippen molar-refractivity contribution in [1.82, 2.24) is 4.90 Å². The lowest BCUT2D eigenvalue weighted by molar-refractivity contribution is -0.0498. The second kappa shape index (κ2) is 7.64. The third kappa shape index (κ3) is 3.63. The summed E-state index contributed by atoms with van der Waals surface area (Å²) in [6.45, 7) is -1.63. The standard InChI is InChI=1S/C20H22F2N2O4S/c21-19(22)28-17-8-6-15(7-9-17)12-23-11-10-20(14-23)18(25)13-24(29(20,26)27)16-4-2-1-3-5-16/h1-9,18-19,25H,10-14H2/t18-,20-/m1/s1. The lowest BCUT2D eigenvalue weighted by Crippen LogP contribution is -2.51. The smallest absolute Gasteiger partial charge is 0.387 e. The summed E-state index contributed by atoms with van der Waals surface area (Å²) in [5.74, 6) is 0.0777. The molecule has 2 aromatic rings. The van der Waals surface area contributed by atoms with Crippen LogP contribution in [0.25, 0.3) is 0 Å². The lowest BCUT2D eigenvalue weighted by atomic mass is 10.0. The number of halogens is 2. The summed E-state index contributed by atoms with van der Waals surface area (Å²) in [6.07, 6.45) is -0.647. The minimum absolute atomic E-state index is 0.0415. The van der Waals surface area contributed by atoms with E-state index in [0.717, 1.165) is 5.56 Å². The molecular formula is C20H22F2N2O4S. The number of hydrogen-bond acceptors (Lipinski definition) is 5. The molecule has 2 saturated heterocycles. The Labute approximate surface area is 169 Å². The summed E-state index contributed by atoms with van der Waals surface area (Å²) in [4.78, 5) is 1.97. The average Bonchev–Trinajstić information content (AvgIpc) is 3.20. The van der Waals surface area contributed by atoms with Crippen molar-refractivity contribution in [3.63, 3.8) is 0 Å². The molecule has 2 heterocycles. The van der Waals surface area contributed by atoms with E-state index in [-0.39, 0.29) is 18.8 Å². The van der Waals surface area contributed by atoms with Crippen LogP contribution in [-0.4, -0.2) is 51.7 Å². The second-order valence-corrected chi connectivity index (χ2v) is 9.64. The number of ether oxygens (including phenoxy) is 1. The molecule has 0 radical (unpaired) electrons. The van der Waals surface area contributed by atoms with Crippen LogP contribution in [0.5, 0.6) is 5.75 Å². The zero-order valence-corrected chi connectivity index (χ0v) is 16.4. The van der Waals surface area contributed by atoms with E-state index < -0.39 is 27.9 Å². The maximum Gasteiger partial charge on any atom is 0.387 e. The first-order valence-electron chi connectivity index (χ1n) is 9.33. The van der Waals surface area contributed by atoms with Crippen molar-refractivity contribution < 1.29 is 27.4 Å². The van der Waals surface area contributed by atoms with Crippen LogP contribution < -0.4 is 9.04 Å². The topological polar surface area (TPSA) is 76.1 Å². The van der Waals surface area contributed by atoms with E-state index in [1.54, 1.807) is 36.4 Å². The first-order valence-corrected chi connectivity index (χ1v) is 10.8. The number of sulfonamides is 1. The van der Waals surface area contributed by atoms with Gasteiger partial charge in [0.05, 0.1) is 18.8 Å². The van der Waals surface area contributed by atoms with Crippen LogP contribution in [-0.2, 0) is 21.2 Å². The number of rotatable bonds is 5. The Morgan fingerprint density at radius 1 is 1.21 bits per heavy atom. The molecule has 3 atom stereocenters. The fraction of sp³-hybridized carbons (Fsp3) is 0.400. The lowest BCUT2D eigenvalue weighted by Gasteiger charge is -2.32. The molecule has 1 spiro atoms. The van der Waals surface area contributed by atoms with Crippen molar-refractivity contribution in [2.45, 2.75) is 30.4 Å². The Morgan fingerprint density at radius 3 is 2.55 bits per heavy atom. The summed E-state index contributed by atoms with van der Waals surface area (Å²) in [5.41, 5.74) is 1.41. The van der Waals surface area contributed by atoms with Crippen LogP contribution in [0.1, 0.15) is 12.0 Å². The molecule has 6 nitrogen and oxygen atoms in total. The average molecular weight is 424 g/mol. The van der Waals surface area contributed by atoms with Gasteiger partial charge in [-0.2, -0.15) is 13.1 Å². The first-order chi connectivity index (χ1) is 13.8. The van der Waals surface area contributed by atoms with E-state index in [2.05, 4.69) is 4.74 Å². The SMILES string of the molecule is O=[S+]1([O-])N(c2ccccc2)C[C@@H](O)[C@]12CCN(Cc1ccc(OC(F)F)cc1)C2. The molecule has 4 rings (SSSR count). The second-order valence-electron chi connectivity index (χ2n) is 7.44. The number of β-amino-alcohol motifs (C(OH)–C–C–N with tert-alkyl or cyclic N) is 1. The van der Waals surface area contributed by atoms with Crippen LogP contribution >= 0.6 is 0 Å². The molecule has 2 aromatic carbocycles. The third-order valence-corrected chi connectivity index (χ3v) is 8.26. The number of aliphatic hydroxyl groups excluding tert-OH is 1. The van der Waals surface area contributed by atoms with E-state index in [4.69, 9.17) is 0 Å². The van der Waals surface area contributed by atoms with Gasteiger partial charge in [0.15, 0.2) is 15.1 Å². The highest BCUT2D eigenvalue weighted by Crippen LogP contribution is 2.46. The van der Waals surface area contributed by atoms with Crippen molar-refractivity contribution >= 4 is 16.1 Å². The van der Waals surface area contributed by atoms with E-state index in [1.165, 1.54) is 16.4 Å². The molecule has 2 aliphatic heterocycles. The van der Waals surface area contributed by atoms with Gasteiger partial charge < -0.3 is 14.4 Å². The number of aliphatic hydroxyl groups is 1. The Balaban J connectivity index is 1.48. The number of alkyl halides is 2. The zero-order chi connectivity index (χ0) is 20.6. The van der Waals surface area contributed by atoms with Crippen LogP contribution in [0.15, 0.2) is 54.6 Å². The highest BCUT2D eigenvalue weighted by atomic mass is 32.3. The van der Waals surface area contributed by atoms with Gasteiger partial charge in [-0.15, -0.1) is 0 Å². The summed E-state index contributed by atoms with van der Waals surface area (Å²) in [7, 11) is -3.74. The molecule has 2 aliphatic rings. The van der Waals surface area contributed by atoms with Gasteiger partial charge in [-0.3, -0.25) is 4.90 Å². The molecule has 2 fully saturated rings. The van der Waals surface area contributed by atoms with Gasteiger partial charge in [0.25, 0.3) is 0 Å². The molecule has 0 aliphatic carbocycles. The summed E-state index contributed by atoms with van der Waals surface area (Å²) in [5, 5.41) is 10.7. The number of nitrogens with zero attached hydrogens (tertiary/aromatic N) is 2. The highest BCUT2D eigenvalue weighted by molar-refractivity contribution is 8.00. The molecule has 29 heavy (non-hydrogen) atoms. The van der Waals surface area contributed by atoms with Gasteiger partial charge in [-0.1, -0.05) is 34.5 Å². The van der Waals surface area contributed by atoms with Crippen LogP contribution in [0.3, 0.4) is 0 Å². The molecule has 0 bridgehead atoms. The van der Waals surface area contributed by atoms with E-state index in [9.17, 15) is 22.6 Å². The quantitative estimate of drug-likeness (QED) is 0.747. The van der Waals surface area contributed by atoms with E-state index >= 15 is 0 Å². The molecule has 1 unspecified atom stereocenters. The minimum atomic E-state index is -3.74. The van der Waals surface area contributed by atoms with Gasteiger partial charge >= 0.3 is 6.61 Å². The minimum Gasteiger partial charge on any atom is -0.592 e. The number of para-hydroxylation sites is 1. The van der Waals surface area contributed by atoms with Crippen molar-refractivity contribution in [2.75, 3.05) is 23.9 Å². The maximum absolute atomic E-state index is 13.3.